The summed E-state index contributed by atoms with van der Waals surface area (Å²) < 4.78 is 11.0. The van der Waals surface area contributed by atoms with Crippen LogP contribution in [0.2, 0.25) is 0 Å². The number of hydrogen-bond acceptors (Lipinski definition) is 4. The van der Waals surface area contributed by atoms with Crippen molar-refractivity contribution in [2.75, 3.05) is 44.8 Å². The van der Waals surface area contributed by atoms with E-state index >= 15 is 0 Å². The summed E-state index contributed by atoms with van der Waals surface area (Å²) in [5.74, 6) is 1.62. The quantitative estimate of drug-likeness (QED) is 0.661. The summed E-state index contributed by atoms with van der Waals surface area (Å²) in [6, 6.07) is 22.1. The number of carbonyl (C=O) groups excluding carboxylic acids is 1. The van der Waals surface area contributed by atoms with Crippen molar-refractivity contribution in [1.29, 1.82) is 0 Å². The monoisotopic (exact) mass is 390 g/mol. The summed E-state index contributed by atoms with van der Waals surface area (Å²) in [5, 5.41) is 2.28. The van der Waals surface area contributed by atoms with Crippen molar-refractivity contribution in [2.24, 2.45) is 0 Å². The number of ether oxygens (including phenoxy) is 2. The average molecular weight is 390 g/mol. The maximum Gasteiger partial charge on any atom is 0.260 e. The number of methoxy groups -OCH3 is 1. The predicted molar refractivity (Wildman–Crippen MR) is 116 cm³/mol. The third-order valence-corrected chi connectivity index (χ3v) is 5.37. The fraction of sp³-hybridized carbons (Fsp3) is 0.292. The minimum atomic E-state index is 0.0368. The molecule has 4 rings (SSSR count). The van der Waals surface area contributed by atoms with Gasteiger partial charge in [0.1, 0.15) is 11.5 Å². The largest absolute Gasteiger partial charge is 0.497 e. The van der Waals surface area contributed by atoms with Crippen LogP contribution in [0.15, 0.2) is 66.7 Å². The van der Waals surface area contributed by atoms with E-state index in [1.54, 1.807) is 7.11 Å². The van der Waals surface area contributed by atoms with Crippen LogP contribution >= 0.6 is 0 Å². The van der Waals surface area contributed by atoms with Crippen molar-refractivity contribution < 1.29 is 14.3 Å². The number of carbonyl (C=O) groups is 1. The number of rotatable bonds is 5. The Morgan fingerprint density at radius 2 is 1.62 bits per heavy atom. The molecule has 0 spiro atoms. The summed E-state index contributed by atoms with van der Waals surface area (Å²) in [6.07, 6.45) is 0.938. The SMILES string of the molecule is COc1ccc(N2CCCN(C(=O)COc3ccc4ccccc4c3)CC2)cc1. The summed E-state index contributed by atoms with van der Waals surface area (Å²) in [6.45, 7) is 3.27. The fourth-order valence-corrected chi connectivity index (χ4v) is 3.71. The first-order chi connectivity index (χ1) is 14.2. The smallest absolute Gasteiger partial charge is 0.260 e. The summed E-state index contributed by atoms with van der Waals surface area (Å²) in [5.41, 5.74) is 1.16. The second-order valence-corrected chi connectivity index (χ2v) is 7.22. The predicted octanol–water partition coefficient (Wildman–Crippen LogP) is 3.97. The highest BCUT2D eigenvalue weighted by atomic mass is 16.5. The number of hydrogen-bond donors (Lipinski definition) is 0. The molecule has 1 aliphatic rings. The van der Waals surface area contributed by atoms with E-state index in [4.69, 9.17) is 9.47 Å². The lowest BCUT2D eigenvalue weighted by molar-refractivity contribution is -0.133. The van der Waals surface area contributed by atoms with Crippen LogP contribution < -0.4 is 14.4 Å². The minimum absolute atomic E-state index is 0.0368. The van der Waals surface area contributed by atoms with E-state index in [0.29, 0.717) is 6.54 Å². The van der Waals surface area contributed by atoms with Crippen molar-refractivity contribution >= 4 is 22.4 Å². The lowest BCUT2D eigenvalue weighted by Gasteiger charge is -2.24. The average Bonchev–Trinajstić information content (AvgIpc) is 3.04. The van der Waals surface area contributed by atoms with Gasteiger partial charge in [-0.1, -0.05) is 30.3 Å². The Hall–Kier alpha value is -3.21. The number of fused-ring (bicyclic) bond motifs is 1. The molecule has 0 aromatic heterocycles. The maximum absolute atomic E-state index is 12.7. The van der Waals surface area contributed by atoms with Crippen LogP contribution in [0.25, 0.3) is 10.8 Å². The van der Waals surface area contributed by atoms with Gasteiger partial charge < -0.3 is 19.3 Å². The van der Waals surface area contributed by atoms with Gasteiger partial charge in [-0.05, 0) is 53.6 Å². The van der Waals surface area contributed by atoms with Crippen LogP contribution in [0, 0.1) is 0 Å². The number of anilines is 1. The van der Waals surface area contributed by atoms with Gasteiger partial charge in [-0.25, -0.2) is 0 Å². The first-order valence-electron chi connectivity index (χ1n) is 10.0. The van der Waals surface area contributed by atoms with E-state index in [-0.39, 0.29) is 12.5 Å². The highest BCUT2D eigenvalue weighted by Crippen LogP contribution is 2.22. The third kappa shape index (κ3) is 4.62. The Labute approximate surface area is 171 Å². The van der Waals surface area contributed by atoms with Crippen LogP contribution in [0.3, 0.4) is 0 Å². The van der Waals surface area contributed by atoms with E-state index in [1.807, 2.05) is 53.4 Å². The van der Waals surface area contributed by atoms with E-state index in [0.717, 1.165) is 54.0 Å². The van der Waals surface area contributed by atoms with Crippen molar-refractivity contribution in [3.63, 3.8) is 0 Å². The van der Waals surface area contributed by atoms with Gasteiger partial charge in [-0.3, -0.25) is 4.79 Å². The molecule has 1 fully saturated rings. The van der Waals surface area contributed by atoms with E-state index in [2.05, 4.69) is 23.1 Å². The van der Waals surface area contributed by atoms with Gasteiger partial charge in [0.05, 0.1) is 7.11 Å². The summed E-state index contributed by atoms with van der Waals surface area (Å²) >= 11 is 0. The van der Waals surface area contributed by atoms with Gasteiger partial charge in [-0.2, -0.15) is 0 Å². The Morgan fingerprint density at radius 1 is 0.862 bits per heavy atom. The third-order valence-electron chi connectivity index (χ3n) is 5.37. The lowest BCUT2D eigenvalue weighted by Crippen LogP contribution is -2.38. The van der Waals surface area contributed by atoms with E-state index in [9.17, 15) is 4.79 Å². The van der Waals surface area contributed by atoms with Gasteiger partial charge in [0.15, 0.2) is 6.61 Å². The molecule has 150 valence electrons. The Morgan fingerprint density at radius 3 is 2.41 bits per heavy atom. The first-order valence-corrected chi connectivity index (χ1v) is 10.0. The molecular formula is C24H26N2O3. The molecule has 0 unspecified atom stereocenters. The fourth-order valence-electron chi connectivity index (χ4n) is 3.71. The van der Waals surface area contributed by atoms with Crippen molar-refractivity contribution in [1.82, 2.24) is 4.90 Å². The zero-order valence-corrected chi connectivity index (χ0v) is 16.7. The highest BCUT2D eigenvalue weighted by molar-refractivity contribution is 5.84. The second-order valence-electron chi connectivity index (χ2n) is 7.22. The molecule has 1 heterocycles. The van der Waals surface area contributed by atoms with Crippen LogP contribution in [0.4, 0.5) is 5.69 Å². The van der Waals surface area contributed by atoms with Crippen molar-refractivity contribution in [3.8, 4) is 11.5 Å². The topological polar surface area (TPSA) is 42.0 Å². The lowest BCUT2D eigenvalue weighted by atomic mass is 10.1. The van der Waals surface area contributed by atoms with E-state index < -0.39 is 0 Å². The molecule has 1 amide bonds. The second kappa shape index (κ2) is 8.86. The molecule has 5 heteroatoms. The molecule has 0 radical (unpaired) electrons. The highest BCUT2D eigenvalue weighted by Gasteiger charge is 2.20. The molecular weight excluding hydrogens is 364 g/mol. The van der Waals surface area contributed by atoms with Gasteiger partial charge >= 0.3 is 0 Å². The molecule has 0 bridgehead atoms. The van der Waals surface area contributed by atoms with Crippen LogP contribution in [0.1, 0.15) is 6.42 Å². The van der Waals surface area contributed by atoms with Gasteiger partial charge in [0, 0.05) is 31.9 Å². The Balaban J connectivity index is 1.32. The van der Waals surface area contributed by atoms with Crippen LogP contribution in [0.5, 0.6) is 11.5 Å². The standard InChI is InChI=1S/C24H26N2O3/c1-28-22-11-8-21(9-12-22)25-13-4-14-26(16-15-25)24(27)18-29-23-10-7-19-5-2-3-6-20(19)17-23/h2-3,5-12,17H,4,13-16,18H2,1H3. The molecule has 5 nitrogen and oxygen atoms in total. The molecule has 1 saturated heterocycles. The maximum atomic E-state index is 12.7. The number of benzene rings is 3. The molecule has 3 aromatic carbocycles. The van der Waals surface area contributed by atoms with Gasteiger partial charge in [0.2, 0.25) is 0 Å². The zero-order chi connectivity index (χ0) is 20.1. The molecule has 3 aromatic rings. The minimum Gasteiger partial charge on any atom is -0.497 e. The van der Waals surface area contributed by atoms with Crippen LogP contribution in [-0.4, -0.2) is 50.7 Å². The van der Waals surface area contributed by atoms with Gasteiger partial charge in [0.25, 0.3) is 5.91 Å². The van der Waals surface area contributed by atoms with Crippen molar-refractivity contribution in [2.45, 2.75) is 6.42 Å². The van der Waals surface area contributed by atoms with Crippen LogP contribution in [-0.2, 0) is 4.79 Å². The molecule has 0 N–H and O–H groups in total. The number of nitrogens with zero attached hydrogens (tertiary/aromatic N) is 2. The molecule has 1 aliphatic heterocycles. The Bertz CT molecular complexity index is 971. The number of amides is 1. The van der Waals surface area contributed by atoms with Crippen molar-refractivity contribution in [3.05, 3.63) is 66.7 Å². The molecule has 29 heavy (non-hydrogen) atoms. The summed E-state index contributed by atoms with van der Waals surface area (Å²) in [4.78, 5) is 16.9. The normalized spacial score (nSPS) is 14.5. The molecule has 0 atom stereocenters. The summed E-state index contributed by atoms with van der Waals surface area (Å²) in [7, 11) is 1.67. The first kappa shape index (κ1) is 19.1. The Kier molecular flexibility index (Phi) is 5.84. The zero-order valence-electron chi connectivity index (χ0n) is 16.7. The van der Waals surface area contributed by atoms with E-state index in [1.165, 1.54) is 0 Å². The van der Waals surface area contributed by atoms with Gasteiger partial charge in [-0.15, -0.1) is 0 Å². The molecule has 0 saturated carbocycles. The molecule has 0 aliphatic carbocycles.